The summed E-state index contributed by atoms with van der Waals surface area (Å²) in [4.78, 5) is 13.7. The highest BCUT2D eigenvalue weighted by atomic mass is 16.3. The number of nitrogens with zero attached hydrogens (tertiary/aromatic N) is 2. The van der Waals surface area contributed by atoms with Gasteiger partial charge in [0, 0.05) is 10.9 Å². The van der Waals surface area contributed by atoms with Gasteiger partial charge in [0.2, 0.25) is 0 Å². The van der Waals surface area contributed by atoms with Gasteiger partial charge in [-0.25, -0.2) is 0 Å². The van der Waals surface area contributed by atoms with Gasteiger partial charge in [-0.3, -0.25) is 9.89 Å². The van der Waals surface area contributed by atoms with Crippen LogP contribution in [0.1, 0.15) is 17.3 Å². The standard InChI is InChI=1S/C12H13N3O2/c1-12(17)6-15(7-12)11(16)8-2-3-9-5-13-14-10(9)4-8/h2-5,17H,6-7H2,1H3,(H,13,14). The number of nitrogens with one attached hydrogen (secondary N) is 1. The summed E-state index contributed by atoms with van der Waals surface area (Å²) in [6, 6.07) is 5.44. The summed E-state index contributed by atoms with van der Waals surface area (Å²) >= 11 is 0. The zero-order valence-corrected chi connectivity index (χ0v) is 9.47. The van der Waals surface area contributed by atoms with Crippen molar-refractivity contribution < 1.29 is 9.90 Å². The van der Waals surface area contributed by atoms with Crippen molar-refractivity contribution in [1.29, 1.82) is 0 Å². The minimum absolute atomic E-state index is 0.0481. The molecule has 0 spiro atoms. The van der Waals surface area contributed by atoms with Crippen molar-refractivity contribution in [2.24, 2.45) is 0 Å². The Morgan fingerprint density at radius 2 is 2.29 bits per heavy atom. The molecular formula is C12H13N3O2. The van der Waals surface area contributed by atoms with Gasteiger partial charge in [0.15, 0.2) is 0 Å². The zero-order valence-electron chi connectivity index (χ0n) is 9.47. The fourth-order valence-electron chi connectivity index (χ4n) is 2.17. The van der Waals surface area contributed by atoms with E-state index in [0.717, 1.165) is 10.9 Å². The van der Waals surface area contributed by atoms with Crippen LogP contribution < -0.4 is 0 Å². The second kappa shape index (κ2) is 3.30. The number of hydrogen-bond acceptors (Lipinski definition) is 3. The van der Waals surface area contributed by atoms with Crippen LogP contribution in [0.15, 0.2) is 24.4 Å². The van der Waals surface area contributed by atoms with Crippen molar-refractivity contribution in [3.63, 3.8) is 0 Å². The third-order valence-electron chi connectivity index (χ3n) is 3.04. The van der Waals surface area contributed by atoms with Crippen molar-refractivity contribution in [3.8, 4) is 0 Å². The van der Waals surface area contributed by atoms with E-state index < -0.39 is 5.60 Å². The van der Waals surface area contributed by atoms with Crippen molar-refractivity contribution in [1.82, 2.24) is 15.1 Å². The maximum Gasteiger partial charge on any atom is 0.254 e. The van der Waals surface area contributed by atoms with E-state index in [0.29, 0.717) is 18.7 Å². The Bertz CT molecular complexity index is 580. The molecule has 1 aromatic heterocycles. The number of fused-ring (bicyclic) bond motifs is 1. The van der Waals surface area contributed by atoms with Crippen molar-refractivity contribution in [3.05, 3.63) is 30.0 Å². The number of amides is 1. The molecule has 0 saturated carbocycles. The van der Waals surface area contributed by atoms with Gasteiger partial charge in [-0.15, -0.1) is 0 Å². The number of likely N-dealkylation sites (tertiary alicyclic amines) is 1. The first kappa shape index (κ1) is 10.3. The highest BCUT2D eigenvalue weighted by molar-refractivity contribution is 5.98. The molecule has 17 heavy (non-hydrogen) atoms. The Labute approximate surface area is 98.0 Å². The minimum Gasteiger partial charge on any atom is -0.386 e. The fourth-order valence-corrected chi connectivity index (χ4v) is 2.17. The van der Waals surface area contributed by atoms with Crippen LogP contribution in [0, 0.1) is 0 Å². The second-order valence-corrected chi connectivity index (χ2v) is 4.83. The summed E-state index contributed by atoms with van der Waals surface area (Å²) in [6.45, 7) is 2.52. The first-order chi connectivity index (χ1) is 8.05. The van der Waals surface area contributed by atoms with E-state index in [-0.39, 0.29) is 5.91 Å². The van der Waals surface area contributed by atoms with Crippen molar-refractivity contribution >= 4 is 16.8 Å². The molecule has 0 atom stereocenters. The molecule has 1 aromatic carbocycles. The predicted octanol–water partition coefficient (Wildman–Crippen LogP) is 0.770. The maximum atomic E-state index is 12.1. The molecule has 1 saturated heterocycles. The molecule has 5 heteroatoms. The molecule has 2 aromatic rings. The molecule has 1 aliphatic rings. The van der Waals surface area contributed by atoms with Crippen LogP contribution in [0.2, 0.25) is 0 Å². The third kappa shape index (κ3) is 1.68. The minimum atomic E-state index is -0.728. The van der Waals surface area contributed by atoms with E-state index in [4.69, 9.17) is 0 Å². The lowest BCUT2D eigenvalue weighted by atomic mass is 9.96. The van der Waals surface area contributed by atoms with Gasteiger partial charge in [-0.1, -0.05) is 6.07 Å². The normalized spacial score (nSPS) is 18.1. The van der Waals surface area contributed by atoms with Crippen LogP contribution >= 0.6 is 0 Å². The lowest BCUT2D eigenvalue weighted by Crippen LogP contribution is -2.61. The molecule has 88 valence electrons. The smallest absolute Gasteiger partial charge is 0.254 e. The Morgan fingerprint density at radius 1 is 1.53 bits per heavy atom. The first-order valence-corrected chi connectivity index (χ1v) is 5.50. The van der Waals surface area contributed by atoms with Crippen LogP contribution in [0.4, 0.5) is 0 Å². The Morgan fingerprint density at radius 3 is 3.00 bits per heavy atom. The number of H-pyrrole nitrogens is 1. The van der Waals surface area contributed by atoms with E-state index in [2.05, 4.69) is 10.2 Å². The number of hydrogen-bond donors (Lipinski definition) is 2. The van der Waals surface area contributed by atoms with E-state index in [1.807, 2.05) is 6.07 Å². The molecular weight excluding hydrogens is 218 g/mol. The highest BCUT2D eigenvalue weighted by Gasteiger charge is 2.39. The van der Waals surface area contributed by atoms with E-state index >= 15 is 0 Å². The summed E-state index contributed by atoms with van der Waals surface area (Å²) in [5, 5.41) is 17.3. The van der Waals surface area contributed by atoms with Gasteiger partial charge in [-0.2, -0.15) is 5.10 Å². The van der Waals surface area contributed by atoms with Gasteiger partial charge < -0.3 is 10.0 Å². The van der Waals surface area contributed by atoms with Crippen LogP contribution in [0.25, 0.3) is 10.9 Å². The molecule has 0 bridgehead atoms. The maximum absolute atomic E-state index is 12.1. The number of benzene rings is 1. The Balaban J connectivity index is 1.86. The topological polar surface area (TPSA) is 69.2 Å². The van der Waals surface area contributed by atoms with Crippen LogP contribution in [-0.2, 0) is 0 Å². The Kier molecular flexibility index (Phi) is 2.00. The first-order valence-electron chi connectivity index (χ1n) is 5.50. The average Bonchev–Trinajstić information content (AvgIpc) is 2.71. The number of carbonyl (C=O) groups excluding carboxylic acids is 1. The Hall–Kier alpha value is -1.88. The van der Waals surface area contributed by atoms with Crippen molar-refractivity contribution in [2.45, 2.75) is 12.5 Å². The molecule has 1 amide bonds. The largest absolute Gasteiger partial charge is 0.386 e. The highest BCUT2D eigenvalue weighted by Crippen LogP contribution is 2.23. The zero-order chi connectivity index (χ0) is 12.0. The summed E-state index contributed by atoms with van der Waals surface area (Å²) in [5.74, 6) is -0.0481. The quantitative estimate of drug-likeness (QED) is 0.761. The van der Waals surface area contributed by atoms with E-state index in [9.17, 15) is 9.90 Å². The van der Waals surface area contributed by atoms with Crippen molar-refractivity contribution in [2.75, 3.05) is 13.1 Å². The van der Waals surface area contributed by atoms with Gasteiger partial charge >= 0.3 is 0 Å². The lowest BCUT2D eigenvalue weighted by molar-refractivity contribution is -0.0668. The summed E-state index contributed by atoms with van der Waals surface area (Å²) in [5.41, 5.74) is 0.744. The third-order valence-corrected chi connectivity index (χ3v) is 3.04. The van der Waals surface area contributed by atoms with Gasteiger partial charge in [-0.05, 0) is 19.1 Å². The number of carbonyl (C=O) groups is 1. The van der Waals surface area contributed by atoms with E-state index in [1.54, 1.807) is 30.2 Å². The monoisotopic (exact) mass is 231 g/mol. The second-order valence-electron chi connectivity index (χ2n) is 4.83. The number of aliphatic hydroxyl groups is 1. The molecule has 1 fully saturated rings. The molecule has 3 rings (SSSR count). The molecule has 0 radical (unpaired) electrons. The number of β-amino-alcohol motifs (C(OH)–C–C–N with tert-alkyl or cyclic N) is 1. The van der Waals surface area contributed by atoms with Gasteiger partial charge in [0.25, 0.3) is 5.91 Å². The fraction of sp³-hybridized carbons (Fsp3) is 0.333. The summed E-state index contributed by atoms with van der Waals surface area (Å²) in [6.07, 6.45) is 1.72. The summed E-state index contributed by atoms with van der Waals surface area (Å²) in [7, 11) is 0. The number of aromatic amines is 1. The van der Waals surface area contributed by atoms with Gasteiger partial charge in [0.1, 0.15) is 0 Å². The number of aromatic nitrogens is 2. The molecule has 5 nitrogen and oxygen atoms in total. The predicted molar refractivity (Wildman–Crippen MR) is 62.6 cm³/mol. The molecule has 0 unspecified atom stereocenters. The van der Waals surface area contributed by atoms with Crippen LogP contribution in [-0.4, -0.2) is 44.8 Å². The molecule has 1 aliphatic heterocycles. The van der Waals surface area contributed by atoms with Gasteiger partial charge in [0.05, 0.1) is 30.4 Å². The SMILES string of the molecule is CC1(O)CN(C(=O)c2ccc3cn[nH]c3c2)C1. The summed E-state index contributed by atoms with van der Waals surface area (Å²) < 4.78 is 0. The molecule has 2 N–H and O–H groups in total. The van der Waals surface area contributed by atoms with E-state index in [1.165, 1.54) is 0 Å². The van der Waals surface area contributed by atoms with Crippen LogP contribution in [0.3, 0.4) is 0 Å². The lowest BCUT2D eigenvalue weighted by Gasteiger charge is -2.44. The van der Waals surface area contributed by atoms with Crippen LogP contribution in [0.5, 0.6) is 0 Å². The molecule has 0 aliphatic carbocycles. The molecule has 2 heterocycles. The average molecular weight is 231 g/mol. The number of rotatable bonds is 1.